The van der Waals surface area contributed by atoms with Crippen molar-refractivity contribution in [3.05, 3.63) is 72.0 Å². The normalized spacial score (nSPS) is 20.3. The Bertz CT molecular complexity index is 1100. The lowest BCUT2D eigenvalue weighted by molar-refractivity contribution is 0.152. The van der Waals surface area contributed by atoms with Crippen molar-refractivity contribution in [1.29, 1.82) is 0 Å². The van der Waals surface area contributed by atoms with Crippen LogP contribution in [0.3, 0.4) is 0 Å². The van der Waals surface area contributed by atoms with Gasteiger partial charge < -0.3 is 14.7 Å². The summed E-state index contributed by atoms with van der Waals surface area (Å²) in [5.41, 5.74) is 5.63. The Morgan fingerprint density at radius 1 is 1.18 bits per heavy atom. The van der Waals surface area contributed by atoms with Crippen molar-refractivity contribution in [3.8, 4) is 11.1 Å². The molecule has 176 valence electrons. The number of alkyl halides is 2. The van der Waals surface area contributed by atoms with Crippen LogP contribution in [0, 0.1) is 5.92 Å². The third-order valence-electron chi connectivity index (χ3n) is 6.70. The van der Waals surface area contributed by atoms with Gasteiger partial charge in [-0.15, -0.1) is 0 Å². The second-order valence-electron chi connectivity index (χ2n) is 9.21. The van der Waals surface area contributed by atoms with Crippen molar-refractivity contribution in [2.24, 2.45) is 13.0 Å². The molecule has 2 unspecified atom stereocenters. The fraction of sp³-hybridized carbons (Fsp3) is 0.423. The highest BCUT2D eigenvalue weighted by Gasteiger charge is 2.32. The van der Waals surface area contributed by atoms with Crippen molar-refractivity contribution < 1.29 is 8.78 Å². The van der Waals surface area contributed by atoms with Gasteiger partial charge in [-0.1, -0.05) is 19.6 Å². The predicted molar refractivity (Wildman–Crippen MR) is 130 cm³/mol. The zero-order chi connectivity index (χ0) is 23.9. The lowest BCUT2D eigenvalue weighted by atomic mass is 9.87. The number of nitrogens with zero attached hydrogens (tertiary/aromatic N) is 5. The summed E-state index contributed by atoms with van der Waals surface area (Å²) in [6, 6.07) is 3.75. The van der Waals surface area contributed by atoms with Crippen molar-refractivity contribution in [2.75, 3.05) is 32.6 Å². The second kappa shape index (κ2) is 9.04. The molecule has 1 aliphatic carbocycles. The van der Waals surface area contributed by atoms with Gasteiger partial charge in [0.2, 0.25) is 0 Å². The highest BCUT2D eigenvalue weighted by molar-refractivity contribution is 5.74. The highest BCUT2D eigenvalue weighted by atomic mass is 19.3. The molecule has 4 rings (SSSR count). The second-order valence-corrected chi connectivity index (χ2v) is 9.21. The van der Waals surface area contributed by atoms with Gasteiger partial charge in [0.05, 0.1) is 23.6 Å². The molecule has 2 aromatic rings. The molecular weight excluding hydrogens is 420 g/mol. The van der Waals surface area contributed by atoms with Crippen LogP contribution < -0.4 is 4.90 Å². The summed E-state index contributed by atoms with van der Waals surface area (Å²) >= 11 is 0. The maximum atomic E-state index is 14.2. The van der Waals surface area contributed by atoms with Crippen molar-refractivity contribution >= 4 is 5.69 Å². The highest BCUT2D eigenvalue weighted by Crippen LogP contribution is 2.41. The summed E-state index contributed by atoms with van der Waals surface area (Å²) in [7, 11) is 7.86. The standard InChI is InChI=1S/C26H33F2N5/c1-7-31(5)25-11-17(2)22(14-24(25)30(3)4)33-10-8-9-18-12-20(19-15-29-32(6)16-19)21(26(27)28)13-23(18)33/h7,11-17,22,26H,1,8-10H2,2-6H3. The number of fused-ring (bicyclic) bond motifs is 1. The van der Waals surface area contributed by atoms with Gasteiger partial charge in [-0.2, -0.15) is 5.10 Å². The average molecular weight is 454 g/mol. The Balaban J connectivity index is 1.79. The monoisotopic (exact) mass is 453 g/mol. The van der Waals surface area contributed by atoms with E-state index in [2.05, 4.69) is 40.6 Å². The number of rotatable bonds is 6. The van der Waals surface area contributed by atoms with Crippen LogP contribution >= 0.6 is 0 Å². The number of anilines is 1. The van der Waals surface area contributed by atoms with Gasteiger partial charge in [-0.05, 0) is 48.4 Å². The van der Waals surface area contributed by atoms with Gasteiger partial charge in [-0.3, -0.25) is 4.68 Å². The van der Waals surface area contributed by atoms with Crippen LogP contribution in [-0.2, 0) is 13.5 Å². The molecular formula is C26H33F2N5. The zero-order valence-corrected chi connectivity index (χ0v) is 20.1. The van der Waals surface area contributed by atoms with Gasteiger partial charge in [0.25, 0.3) is 6.43 Å². The zero-order valence-electron chi connectivity index (χ0n) is 20.1. The van der Waals surface area contributed by atoms with E-state index in [4.69, 9.17) is 0 Å². The summed E-state index contributed by atoms with van der Waals surface area (Å²) in [4.78, 5) is 6.44. The Morgan fingerprint density at radius 3 is 2.55 bits per heavy atom. The molecule has 2 atom stereocenters. The van der Waals surface area contributed by atoms with E-state index in [0.29, 0.717) is 5.56 Å². The van der Waals surface area contributed by atoms with Crippen LogP contribution in [0.4, 0.5) is 14.5 Å². The first-order valence-corrected chi connectivity index (χ1v) is 11.4. The molecule has 7 heteroatoms. The molecule has 0 radical (unpaired) electrons. The maximum Gasteiger partial charge on any atom is 0.264 e. The van der Waals surface area contributed by atoms with Crippen LogP contribution in [0.25, 0.3) is 11.1 Å². The molecule has 2 heterocycles. The van der Waals surface area contributed by atoms with Crippen LogP contribution in [0.1, 0.15) is 30.9 Å². The van der Waals surface area contributed by atoms with Crippen molar-refractivity contribution in [1.82, 2.24) is 19.6 Å². The van der Waals surface area contributed by atoms with Gasteiger partial charge in [-0.25, -0.2) is 8.78 Å². The fourth-order valence-corrected chi connectivity index (χ4v) is 4.96. The van der Waals surface area contributed by atoms with Gasteiger partial charge in [0.15, 0.2) is 0 Å². The van der Waals surface area contributed by atoms with Gasteiger partial charge in [0, 0.05) is 63.7 Å². The van der Waals surface area contributed by atoms with Crippen molar-refractivity contribution in [2.45, 2.75) is 32.2 Å². The molecule has 0 fully saturated rings. The molecule has 1 aromatic carbocycles. The minimum Gasteiger partial charge on any atom is -0.376 e. The summed E-state index contributed by atoms with van der Waals surface area (Å²) in [5, 5.41) is 4.19. The number of hydrogen-bond donors (Lipinski definition) is 0. The third kappa shape index (κ3) is 4.28. The number of benzene rings is 1. The Hall–Kier alpha value is -3.09. The molecule has 33 heavy (non-hydrogen) atoms. The third-order valence-corrected chi connectivity index (χ3v) is 6.70. The van der Waals surface area contributed by atoms with Crippen LogP contribution in [0.5, 0.6) is 0 Å². The van der Waals surface area contributed by atoms with E-state index in [-0.39, 0.29) is 17.5 Å². The number of likely N-dealkylation sites (N-methyl/N-ethyl adjacent to an activating group) is 2. The minimum absolute atomic E-state index is 0.0662. The van der Waals surface area contributed by atoms with E-state index in [1.165, 1.54) is 0 Å². The molecule has 0 saturated heterocycles. The predicted octanol–water partition coefficient (Wildman–Crippen LogP) is 5.20. The maximum absolute atomic E-state index is 14.2. The lowest BCUT2D eigenvalue weighted by Gasteiger charge is -2.43. The molecule has 1 aliphatic heterocycles. The molecule has 0 N–H and O–H groups in total. The first-order chi connectivity index (χ1) is 15.7. The SMILES string of the molecule is C=CN(C)C1=CC(C)C(N2CCCc3cc(-c4cnn(C)c4)c(C(F)F)cc32)C=C1N(C)C. The molecule has 2 aliphatic rings. The Morgan fingerprint density at radius 2 is 1.94 bits per heavy atom. The quantitative estimate of drug-likeness (QED) is 0.601. The van der Waals surface area contributed by atoms with Gasteiger partial charge in [0.1, 0.15) is 0 Å². The van der Waals surface area contributed by atoms with Crippen LogP contribution in [-0.4, -0.2) is 53.3 Å². The van der Waals surface area contributed by atoms with E-state index in [9.17, 15) is 8.78 Å². The van der Waals surface area contributed by atoms with E-state index >= 15 is 0 Å². The largest absolute Gasteiger partial charge is 0.376 e. The Kier molecular flexibility index (Phi) is 6.32. The number of aromatic nitrogens is 2. The summed E-state index contributed by atoms with van der Waals surface area (Å²) in [6.07, 6.45) is 9.11. The lowest BCUT2D eigenvalue weighted by Crippen LogP contribution is -2.44. The van der Waals surface area contributed by atoms with E-state index in [1.807, 2.05) is 32.1 Å². The first kappa shape index (κ1) is 23.1. The minimum atomic E-state index is -2.56. The summed E-state index contributed by atoms with van der Waals surface area (Å²) in [6.45, 7) is 6.94. The molecule has 1 aromatic heterocycles. The number of hydrogen-bond acceptors (Lipinski definition) is 4. The molecule has 0 amide bonds. The van der Waals surface area contributed by atoms with E-state index in [0.717, 1.165) is 47.6 Å². The first-order valence-electron chi connectivity index (χ1n) is 11.4. The average Bonchev–Trinajstić information content (AvgIpc) is 3.23. The molecule has 0 spiro atoms. The van der Waals surface area contributed by atoms with E-state index < -0.39 is 6.43 Å². The summed E-state index contributed by atoms with van der Waals surface area (Å²) in [5.74, 6) is 0.213. The summed E-state index contributed by atoms with van der Waals surface area (Å²) < 4.78 is 30.0. The van der Waals surface area contributed by atoms with Crippen molar-refractivity contribution in [3.63, 3.8) is 0 Å². The van der Waals surface area contributed by atoms with Crippen LogP contribution in [0.2, 0.25) is 0 Å². The molecule has 5 nitrogen and oxygen atoms in total. The molecule has 0 bridgehead atoms. The number of halogens is 2. The smallest absolute Gasteiger partial charge is 0.264 e. The fourth-order valence-electron chi connectivity index (χ4n) is 4.96. The Labute approximate surface area is 195 Å². The van der Waals surface area contributed by atoms with E-state index in [1.54, 1.807) is 36.4 Å². The van der Waals surface area contributed by atoms with Crippen LogP contribution in [0.15, 0.2) is 60.9 Å². The molecule has 0 saturated carbocycles. The number of aryl methyl sites for hydroxylation is 2. The topological polar surface area (TPSA) is 27.5 Å². The van der Waals surface area contributed by atoms with Gasteiger partial charge >= 0.3 is 0 Å².